The second kappa shape index (κ2) is 7.14. The van der Waals surface area contributed by atoms with Crippen LogP contribution in [0, 0.1) is 0 Å². The summed E-state index contributed by atoms with van der Waals surface area (Å²) in [7, 11) is 0. The van der Waals surface area contributed by atoms with E-state index < -0.39 is 5.97 Å². The molecular weight excluding hydrogens is 252 g/mol. The number of hydrogen-bond acceptors (Lipinski definition) is 3. The molecule has 3 nitrogen and oxygen atoms in total. The first-order chi connectivity index (χ1) is 9.75. The SMILES string of the molecule is O=C(O/C(O)=C/CCc1ccccc1)c1ccccc1. The van der Waals surface area contributed by atoms with E-state index in [0.717, 1.165) is 6.42 Å². The Morgan fingerprint density at radius 1 is 1.00 bits per heavy atom. The molecule has 0 saturated carbocycles. The van der Waals surface area contributed by atoms with Crippen molar-refractivity contribution in [2.24, 2.45) is 0 Å². The minimum absolute atomic E-state index is 0.352. The maximum absolute atomic E-state index is 11.7. The molecule has 1 N–H and O–H groups in total. The van der Waals surface area contributed by atoms with E-state index in [-0.39, 0.29) is 5.95 Å². The lowest BCUT2D eigenvalue weighted by atomic mass is 10.1. The number of carbonyl (C=O) groups is 1. The number of allylic oxidation sites excluding steroid dienone is 1. The molecule has 2 aromatic carbocycles. The predicted molar refractivity (Wildman–Crippen MR) is 77.3 cm³/mol. The van der Waals surface area contributed by atoms with Crippen LogP contribution in [0.1, 0.15) is 22.3 Å². The van der Waals surface area contributed by atoms with Gasteiger partial charge in [0.2, 0.25) is 0 Å². The molecule has 0 aliphatic carbocycles. The number of ether oxygens (including phenoxy) is 1. The van der Waals surface area contributed by atoms with Gasteiger partial charge in [0.05, 0.1) is 5.56 Å². The first-order valence-corrected chi connectivity index (χ1v) is 6.46. The van der Waals surface area contributed by atoms with Crippen LogP contribution in [-0.4, -0.2) is 11.1 Å². The van der Waals surface area contributed by atoms with Gasteiger partial charge >= 0.3 is 5.97 Å². The van der Waals surface area contributed by atoms with Crippen molar-refractivity contribution in [1.29, 1.82) is 0 Å². The lowest BCUT2D eigenvalue weighted by Gasteiger charge is -2.03. The van der Waals surface area contributed by atoms with Gasteiger partial charge in [0.25, 0.3) is 5.95 Å². The van der Waals surface area contributed by atoms with Gasteiger partial charge in [0.1, 0.15) is 0 Å². The molecule has 0 amide bonds. The van der Waals surface area contributed by atoms with Crippen LogP contribution in [0.5, 0.6) is 0 Å². The first-order valence-electron chi connectivity index (χ1n) is 6.46. The molecule has 0 saturated heterocycles. The second-order valence-electron chi connectivity index (χ2n) is 4.32. The molecule has 2 rings (SSSR count). The van der Waals surface area contributed by atoms with Gasteiger partial charge < -0.3 is 9.84 Å². The fraction of sp³-hybridized carbons (Fsp3) is 0.118. The molecule has 0 aliphatic heterocycles. The number of hydrogen-bond donors (Lipinski definition) is 1. The van der Waals surface area contributed by atoms with E-state index in [2.05, 4.69) is 0 Å². The van der Waals surface area contributed by atoms with Gasteiger partial charge in [-0.05, 0) is 36.6 Å². The third kappa shape index (κ3) is 4.28. The average molecular weight is 268 g/mol. The van der Waals surface area contributed by atoms with Crippen LogP contribution in [0.4, 0.5) is 0 Å². The smallest absolute Gasteiger partial charge is 0.345 e. The summed E-state index contributed by atoms with van der Waals surface area (Å²) in [6.45, 7) is 0. The topological polar surface area (TPSA) is 46.5 Å². The molecule has 0 unspecified atom stereocenters. The number of esters is 1. The maximum atomic E-state index is 11.7. The molecule has 20 heavy (non-hydrogen) atoms. The van der Waals surface area contributed by atoms with Crippen molar-refractivity contribution in [3.05, 3.63) is 83.8 Å². The van der Waals surface area contributed by atoms with E-state index in [1.165, 1.54) is 11.6 Å². The molecule has 0 fully saturated rings. The molecule has 0 bridgehead atoms. The van der Waals surface area contributed by atoms with Crippen LogP contribution in [0.3, 0.4) is 0 Å². The van der Waals surface area contributed by atoms with Crippen molar-refractivity contribution >= 4 is 5.97 Å². The Kier molecular flexibility index (Phi) is 4.95. The molecular formula is C17H16O3. The lowest BCUT2D eigenvalue weighted by Crippen LogP contribution is -2.04. The average Bonchev–Trinajstić information content (AvgIpc) is 2.49. The Bertz CT molecular complexity index is 574. The highest BCUT2D eigenvalue weighted by Gasteiger charge is 2.08. The Morgan fingerprint density at radius 3 is 2.25 bits per heavy atom. The van der Waals surface area contributed by atoms with Crippen molar-refractivity contribution in [1.82, 2.24) is 0 Å². The highest BCUT2D eigenvalue weighted by atomic mass is 16.6. The second-order valence-corrected chi connectivity index (χ2v) is 4.32. The molecule has 0 atom stereocenters. The van der Waals surface area contributed by atoms with E-state index in [1.54, 1.807) is 24.3 Å². The lowest BCUT2D eigenvalue weighted by molar-refractivity contribution is 0.0443. The summed E-state index contributed by atoms with van der Waals surface area (Å²) in [6, 6.07) is 18.5. The molecule has 3 heteroatoms. The Balaban J connectivity index is 1.84. The van der Waals surface area contributed by atoms with E-state index in [0.29, 0.717) is 12.0 Å². The normalized spacial score (nSPS) is 11.1. The maximum Gasteiger partial charge on any atom is 0.345 e. The highest BCUT2D eigenvalue weighted by molar-refractivity contribution is 5.89. The standard InChI is InChI=1S/C17H16O3/c18-16(13-7-10-14-8-3-1-4-9-14)20-17(19)15-11-5-2-6-12-15/h1-6,8-9,11-13,18H,7,10H2/b16-13+. The largest absolute Gasteiger partial charge is 0.481 e. The minimum Gasteiger partial charge on any atom is -0.481 e. The molecule has 102 valence electrons. The number of benzene rings is 2. The van der Waals surface area contributed by atoms with Crippen molar-refractivity contribution in [2.45, 2.75) is 12.8 Å². The monoisotopic (exact) mass is 268 g/mol. The minimum atomic E-state index is -0.556. The summed E-state index contributed by atoms with van der Waals surface area (Å²) in [5.41, 5.74) is 1.58. The van der Waals surface area contributed by atoms with Crippen molar-refractivity contribution in [3.8, 4) is 0 Å². The van der Waals surface area contributed by atoms with Gasteiger partial charge in [-0.25, -0.2) is 4.79 Å². The Morgan fingerprint density at radius 2 is 1.60 bits per heavy atom. The summed E-state index contributed by atoms with van der Waals surface area (Å²) in [5.74, 6) is -0.908. The summed E-state index contributed by atoms with van der Waals surface area (Å²) < 4.78 is 4.85. The van der Waals surface area contributed by atoms with Crippen LogP contribution in [-0.2, 0) is 11.2 Å². The third-order valence-electron chi connectivity index (χ3n) is 2.80. The summed E-state index contributed by atoms with van der Waals surface area (Å²) >= 11 is 0. The Labute approximate surface area is 118 Å². The van der Waals surface area contributed by atoms with Gasteiger partial charge in [0.15, 0.2) is 0 Å². The van der Waals surface area contributed by atoms with E-state index in [4.69, 9.17) is 4.74 Å². The van der Waals surface area contributed by atoms with Crippen molar-refractivity contribution in [3.63, 3.8) is 0 Å². The van der Waals surface area contributed by atoms with E-state index in [9.17, 15) is 9.90 Å². The van der Waals surface area contributed by atoms with Gasteiger partial charge in [-0.3, -0.25) is 0 Å². The van der Waals surface area contributed by atoms with Gasteiger partial charge in [0, 0.05) is 0 Å². The molecule has 0 spiro atoms. The first kappa shape index (κ1) is 13.9. The van der Waals surface area contributed by atoms with Crippen molar-refractivity contribution in [2.75, 3.05) is 0 Å². The predicted octanol–water partition coefficient (Wildman–Crippen LogP) is 3.88. The van der Waals surface area contributed by atoms with Crippen LogP contribution in [0.15, 0.2) is 72.7 Å². The number of aliphatic hydroxyl groups is 1. The zero-order valence-corrected chi connectivity index (χ0v) is 11.0. The summed E-state index contributed by atoms with van der Waals surface area (Å²) in [4.78, 5) is 11.7. The Hall–Kier alpha value is -2.55. The fourth-order valence-electron chi connectivity index (χ4n) is 1.78. The number of aryl methyl sites for hydroxylation is 1. The number of aliphatic hydroxyl groups excluding tert-OH is 1. The summed E-state index contributed by atoms with van der Waals surface area (Å²) in [5, 5.41) is 9.58. The number of carbonyl (C=O) groups excluding carboxylic acids is 1. The van der Waals surface area contributed by atoms with E-state index in [1.807, 2.05) is 36.4 Å². The van der Waals surface area contributed by atoms with E-state index >= 15 is 0 Å². The quantitative estimate of drug-likeness (QED) is 0.661. The third-order valence-corrected chi connectivity index (χ3v) is 2.80. The highest BCUT2D eigenvalue weighted by Crippen LogP contribution is 2.07. The molecule has 0 heterocycles. The van der Waals surface area contributed by atoms with Crippen LogP contribution in [0.25, 0.3) is 0 Å². The molecule has 2 aromatic rings. The number of rotatable bonds is 5. The molecule has 0 aliphatic rings. The van der Waals surface area contributed by atoms with Gasteiger partial charge in [-0.2, -0.15) is 0 Å². The molecule has 0 aromatic heterocycles. The van der Waals surface area contributed by atoms with Gasteiger partial charge in [-0.1, -0.05) is 48.5 Å². The zero-order chi connectivity index (χ0) is 14.2. The fourth-order valence-corrected chi connectivity index (χ4v) is 1.78. The van der Waals surface area contributed by atoms with Crippen molar-refractivity contribution < 1.29 is 14.6 Å². The van der Waals surface area contributed by atoms with Gasteiger partial charge in [-0.15, -0.1) is 0 Å². The zero-order valence-electron chi connectivity index (χ0n) is 11.0. The van der Waals surface area contributed by atoms with Crippen LogP contribution >= 0.6 is 0 Å². The van der Waals surface area contributed by atoms with Crippen LogP contribution in [0.2, 0.25) is 0 Å². The molecule has 0 radical (unpaired) electrons. The summed E-state index contributed by atoms with van der Waals surface area (Å²) in [6.07, 6.45) is 2.90. The van der Waals surface area contributed by atoms with Crippen LogP contribution < -0.4 is 0 Å².